The molecule has 4 nitrogen and oxygen atoms in total. The van der Waals surface area contributed by atoms with Crippen molar-refractivity contribution in [2.75, 3.05) is 38.2 Å². The Bertz CT molecular complexity index is 458. The Morgan fingerprint density at radius 3 is 2.90 bits per heavy atom. The maximum atomic E-state index is 5.94. The van der Waals surface area contributed by atoms with E-state index in [1.165, 1.54) is 18.5 Å². The summed E-state index contributed by atoms with van der Waals surface area (Å²) in [6, 6.07) is 6.10. The molecular weight excluding hydrogens is 252 g/mol. The number of anilines is 1. The summed E-state index contributed by atoms with van der Waals surface area (Å²) in [5.41, 5.74) is 1.18. The first-order valence-electron chi connectivity index (χ1n) is 7.56. The normalized spacial score (nSPS) is 23.1. The standard InChI is InChI=1S/C16H24N2O2/c1-12-10-18(11-13-5-7-17-8-6-13)15-9-14(19-2)3-4-16(15)20-12/h3-4,9,12-13,17H,5-8,10-11H2,1-2H3/t12-/m1/s1. The Kier molecular flexibility index (Phi) is 4.01. The van der Waals surface area contributed by atoms with Gasteiger partial charge in [0, 0.05) is 12.6 Å². The van der Waals surface area contributed by atoms with Crippen LogP contribution in [-0.4, -0.2) is 39.4 Å². The van der Waals surface area contributed by atoms with Gasteiger partial charge in [0.2, 0.25) is 0 Å². The molecule has 1 saturated heterocycles. The zero-order valence-electron chi connectivity index (χ0n) is 12.4. The van der Waals surface area contributed by atoms with Crippen LogP contribution in [0.4, 0.5) is 5.69 Å². The summed E-state index contributed by atoms with van der Waals surface area (Å²) in [6.07, 6.45) is 2.79. The monoisotopic (exact) mass is 276 g/mol. The first-order chi connectivity index (χ1) is 9.76. The van der Waals surface area contributed by atoms with Gasteiger partial charge in [-0.25, -0.2) is 0 Å². The molecule has 0 spiro atoms. The first kappa shape index (κ1) is 13.6. The maximum absolute atomic E-state index is 5.94. The van der Waals surface area contributed by atoms with E-state index in [1.54, 1.807) is 7.11 Å². The highest BCUT2D eigenvalue weighted by Gasteiger charge is 2.26. The molecular formula is C16H24N2O2. The largest absolute Gasteiger partial charge is 0.497 e. The van der Waals surface area contributed by atoms with Crippen LogP contribution in [0.1, 0.15) is 19.8 Å². The summed E-state index contributed by atoms with van der Waals surface area (Å²) < 4.78 is 11.3. The van der Waals surface area contributed by atoms with Gasteiger partial charge in [-0.3, -0.25) is 0 Å². The second kappa shape index (κ2) is 5.92. The number of rotatable bonds is 3. The molecule has 0 radical (unpaired) electrons. The lowest BCUT2D eigenvalue weighted by atomic mass is 9.97. The molecule has 0 unspecified atom stereocenters. The number of nitrogens with one attached hydrogen (secondary N) is 1. The number of nitrogens with zero attached hydrogens (tertiary/aromatic N) is 1. The number of piperidine rings is 1. The summed E-state index contributed by atoms with van der Waals surface area (Å²) in [5.74, 6) is 2.66. The van der Waals surface area contributed by atoms with Crippen molar-refractivity contribution in [3.8, 4) is 11.5 Å². The minimum Gasteiger partial charge on any atom is -0.497 e. The molecule has 0 aliphatic carbocycles. The van der Waals surface area contributed by atoms with Gasteiger partial charge in [0.25, 0.3) is 0 Å². The third-order valence-corrected chi connectivity index (χ3v) is 4.25. The van der Waals surface area contributed by atoms with E-state index in [2.05, 4.69) is 23.2 Å². The van der Waals surface area contributed by atoms with Crippen molar-refractivity contribution in [2.24, 2.45) is 5.92 Å². The summed E-state index contributed by atoms with van der Waals surface area (Å²) >= 11 is 0. The topological polar surface area (TPSA) is 33.7 Å². The van der Waals surface area contributed by atoms with Gasteiger partial charge in [0.15, 0.2) is 0 Å². The van der Waals surface area contributed by atoms with E-state index in [9.17, 15) is 0 Å². The van der Waals surface area contributed by atoms with Crippen molar-refractivity contribution < 1.29 is 9.47 Å². The zero-order valence-corrected chi connectivity index (χ0v) is 12.4. The van der Waals surface area contributed by atoms with Crippen molar-refractivity contribution in [1.82, 2.24) is 5.32 Å². The molecule has 0 aromatic heterocycles. The Balaban J connectivity index is 1.80. The summed E-state index contributed by atoms with van der Waals surface area (Å²) in [5, 5.41) is 3.43. The summed E-state index contributed by atoms with van der Waals surface area (Å²) in [7, 11) is 1.71. The average molecular weight is 276 g/mol. The van der Waals surface area contributed by atoms with Gasteiger partial charge in [-0.05, 0) is 50.9 Å². The Morgan fingerprint density at radius 1 is 1.35 bits per heavy atom. The highest BCUT2D eigenvalue weighted by molar-refractivity contribution is 5.63. The molecule has 4 heteroatoms. The molecule has 1 aromatic rings. The molecule has 1 N–H and O–H groups in total. The molecule has 110 valence electrons. The Labute approximate surface area is 121 Å². The quantitative estimate of drug-likeness (QED) is 0.918. The fourth-order valence-corrected chi connectivity index (χ4v) is 3.18. The zero-order chi connectivity index (χ0) is 13.9. The molecule has 20 heavy (non-hydrogen) atoms. The molecule has 0 saturated carbocycles. The van der Waals surface area contributed by atoms with Crippen molar-refractivity contribution in [1.29, 1.82) is 0 Å². The van der Waals surface area contributed by atoms with Crippen LogP contribution in [0, 0.1) is 5.92 Å². The van der Waals surface area contributed by atoms with Gasteiger partial charge in [-0.15, -0.1) is 0 Å². The SMILES string of the molecule is COc1ccc2c(c1)N(CC1CCNCC1)C[C@@H](C)O2. The van der Waals surface area contributed by atoms with Crippen LogP contribution in [0.15, 0.2) is 18.2 Å². The number of hydrogen-bond acceptors (Lipinski definition) is 4. The minimum atomic E-state index is 0.248. The molecule has 1 fully saturated rings. The van der Waals surface area contributed by atoms with Gasteiger partial charge in [0.1, 0.15) is 17.6 Å². The highest BCUT2D eigenvalue weighted by Crippen LogP contribution is 2.37. The van der Waals surface area contributed by atoms with Crippen molar-refractivity contribution in [3.05, 3.63) is 18.2 Å². The fourth-order valence-electron chi connectivity index (χ4n) is 3.18. The van der Waals surface area contributed by atoms with E-state index < -0.39 is 0 Å². The Hall–Kier alpha value is -1.42. The lowest BCUT2D eigenvalue weighted by Gasteiger charge is -2.38. The third kappa shape index (κ3) is 2.85. The van der Waals surface area contributed by atoms with Crippen molar-refractivity contribution >= 4 is 5.69 Å². The maximum Gasteiger partial charge on any atom is 0.143 e. The summed E-state index contributed by atoms with van der Waals surface area (Å²) in [4.78, 5) is 2.47. The van der Waals surface area contributed by atoms with E-state index >= 15 is 0 Å². The van der Waals surface area contributed by atoms with Crippen molar-refractivity contribution in [2.45, 2.75) is 25.9 Å². The number of ether oxygens (including phenoxy) is 2. The molecule has 3 rings (SSSR count). The third-order valence-electron chi connectivity index (χ3n) is 4.25. The fraction of sp³-hybridized carbons (Fsp3) is 0.625. The average Bonchev–Trinajstić information content (AvgIpc) is 2.48. The molecule has 2 aliphatic rings. The predicted octanol–water partition coefficient (Wildman–Crippen LogP) is 2.28. The molecule has 2 aliphatic heterocycles. The van der Waals surface area contributed by atoms with Crippen LogP contribution < -0.4 is 19.7 Å². The van der Waals surface area contributed by atoms with Gasteiger partial charge >= 0.3 is 0 Å². The van der Waals surface area contributed by atoms with Crippen molar-refractivity contribution in [3.63, 3.8) is 0 Å². The smallest absolute Gasteiger partial charge is 0.143 e. The summed E-state index contributed by atoms with van der Waals surface area (Å²) in [6.45, 7) is 6.52. The molecule has 0 amide bonds. The van der Waals surface area contributed by atoms with Gasteiger partial charge in [-0.2, -0.15) is 0 Å². The van der Waals surface area contributed by atoms with Crippen LogP contribution in [-0.2, 0) is 0 Å². The van der Waals surface area contributed by atoms with E-state index in [0.717, 1.165) is 43.6 Å². The van der Waals surface area contributed by atoms with Crippen LogP contribution in [0.25, 0.3) is 0 Å². The lowest BCUT2D eigenvalue weighted by Crippen LogP contribution is -2.43. The van der Waals surface area contributed by atoms with Gasteiger partial charge in [-0.1, -0.05) is 0 Å². The minimum absolute atomic E-state index is 0.248. The van der Waals surface area contributed by atoms with Crippen LogP contribution in [0.2, 0.25) is 0 Å². The first-order valence-corrected chi connectivity index (χ1v) is 7.56. The van der Waals surface area contributed by atoms with Gasteiger partial charge < -0.3 is 19.7 Å². The molecule has 0 bridgehead atoms. The number of fused-ring (bicyclic) bond motifs is 1. The molecule has 1 aromatic carbocycles. The molecule has 2 heterocycles. The highest BCUT2D eigenvalue weighted by atomic mass is 16.5. The lowest BCUT2D eigenvalue weighted by molar-refractivity contribution is 0.207. The van der Waals surface area contributed by atoms with Crippen LogP contribution in [0.3, 0.4) is 0 Å². The second-order valence-corrected chi connectivity index (χ2v) is 5.86. The van der Waals surface area contributed by atoms with E-state index in [-0.39, 0.29) is 6.10 Å². The van der Waals surface area contributed by atoms with Crippen LogP contribution >= 0.6 is 0 Å². The number of benzene rings is 1. The molecule has 1 atom stereocenters. The second-order valence-electron chi connectivity index (χ2n) is 5.86. The number of hydrogen-bond donors (Lipinski definition) is 1. The predicted molar refractivity (Wildman–Crippen MR) is 80.9 cm³/mol. The van der Waals surface area contributed by atoms with E-state index in [1.807, 2.05) is 12.1 Å². The van der Waals surface area contributed by atoms with E-state index in [4.69, 9.17) is 9.47 Å². The van der Waals surface area contributed by atoms with E-state index in [0.29, 0.717) is 0 Å². The Morgan fingerprint density at radius 2 is 2.15 bits per heavy atom. The van der Waals surface area contributed by atoms with Crippen LogP contribution in [0.5, 0.6) is 11.5 Å². The number of methoxy groups -OCH3 is 1. The van der Waals surface area contributed by atoms with Gasteiger partial charge in [0.05, 0.1) is 19.3 Å².